The van der Waals surface area contributed by atoms with Gasteiger partial charge in [0.15, 0.2) is 0 Å². The molecule has 1 amide bonds. The molecule has 0 radical (unpaired) electrons. The van der Waals surface area contributed by atoms with Gasteiger partial charge in [-0.2, -0.15) is 5.26 Å². The average molecular weight is 330 g/mol. The molecule has 1 saturated heterocycles. The number of piperidine rings is 1. The summed E-state index contributed by atoms with van der Waals surface area (Å²) in [6.07, 6.45) is 0.873. The first-order chi connectivity index (χ1) is 11.2. The van der Waals surface area contributed by atoms with Gasteiger partial charge in [-0.15, -0.1) is 0 Å². The van der Waals surface area contributed by atoms with Crippen molar-refractivity contribution in [3.63, 3.8) is 0 Å². The molecule has 0 saturated carbocycles. The lowest BCUT2D eigenvalue weighted by molar-refractivity contribution is 0.0109. The number of benzene rings is 1. The van der Waals surface area contributed by atoms with Crippen LogP contribution in [0.15, 0.2) is 24.3 Å². The molecule has 0 atom stereocenters. The van der Waals surface area contributed by atoms with E-state index in [2.05, 4.69) is 6.07 Å². The maximum Gasteiger partial charge on any atom is 0.410 e. The minimum atomic E-state index is -0.555. The van der Waals surface area contributed by atoms with Crippen molar-refractivity contribution in [2.75, 3.05) is 19.7 Å². The number of para-hydroxylation sites is 1. The Labute approximate surface area is 144 Å². The zero-order valence-corrected chi connectivity index (χ0v) is 15.0. The predicted molar refractivity (Wildman–Crippen MR) is 91.8 cm³/mol. The van der Waals surface area contributed by atoms with Gasteiger partial charge in [-0.1, -0.05) is 18.2 Å². The highest BCUT2D eigenvalue weighted by atomic mass is 16.6. The molecule has 1 fully saturated rings. The number of carbonyl (C=O) groups excluding carboxylic acids is 1. The van der Waals surface area contributed by atoms with Gasteiger partial charge in [0.25, 0.3) is 0 Å². The Hall–Kier alpha value is -2.22. The first-order valence-electron chi connectivity index (χ1n) is 8.32. The van der Waals surface area contributed by atoms with Crippen LogP contribution in [0, 0.1) is 23.7 Å². The Morgan fingerprint density at radius 2 is 1.92 bits per heavy atom. The molecule has 1 aliphatic rings. The summed E-state index contributed by atoms with van der Waals surface area (Å²) in [4.78, 5) is 13.8. The van der Waals surface area contributed by atoms with Gasteiger partial charge in [-0.25, -0.2) is 4.79 Å². The fourth-order valence-corrected chi connectivity index (χ4v) is 2.67. The molecule has 1 aliphatic heterocycles. The minimum Gasteiger partial charge on any atom is -0.492 e. The zero-order chi connectivity index (χ0) is 17.8. The van der Waals surface area contributed by atoms with E-state index in [4.69, 9.17) is 9.47 Å². The monoisotopic (exact) mass is 330 g/mol. The summed E-state index contributed by atoms with van der Waals surface area (Å²) in [6, 6.07) is 10.2. The molecule has 0 aromatic heterocycles. The third kappa shape index (κ3) is 4.64. The fourth-order valence-electron chi connectivity index (χ4n) is 2.67. The SMILES string of the molecule is Cc1ccccc1OCC1(C#N)CCN(C(=O)OC(C)(C)C)CC1. The van der Waals surface area contributed by atoms with Gasteiger partial charge < -0.3 is 14.4 Å². The number of rotatable bonds is 3. The van der Waals surface area contributed by atoms with Crippen LogP contribution in [0.1, 0.15) is 39.2 Å². The quantitative estimate of drug-likeness (QED) is 0.843. The van der Waals surface area contributed by atoms with Crippen molar-refractivity contribution in [1.82, 2.24) is 4.90 Å². The summed E-state index contributed by atoms with van der Waals surface area (Å²) in [5.41, 5.74) is -0.00736. The number of aryl methyl sites for hydroxylation is 1. The van der Waals surface area contributed by atoms with Crippen LogP contribution in [0.2, 0.25) is 0 Å². The molecule has 0 N–H and O–H groups in total. The lowest BCUT2D eigenvalue weighted by atomic mass is 9.80. The smallest absolute Gasteiger partial charge is 0.410 e. The van der Waals surface area contributed by atoms with Crippen LogP contribution >= 0.6 is 0 Å². The molecule has 1 aromatic carbocycles. The Bertz CT molecular complexity index is 620. The first kappa shape index (κ1) is 18.1. The van der Waals surface area contributed by atoms with Gasteiger partial charge in [0.2, 0.25) is 0 Å². The highest BCUT2D eigenvalue weighted by Crippen LogP contribution is 2.32. The van der Waals surface area contributed by atoms with Gasteiger partial charge >= 0.3 is 6.09 Å². The molecule has 5 heteroatoms. The zero-order valence-electron chi connectivity index (χ0n) is 15.0. The molecule has 0 aliphatic carbocycles. The summed E-state index contributed by atoms with van der Waals surface area (Å²) in [5, 5.41) is 9.64. The third-order valence-corrected chi connectivity index (χ3v) is 4.21. The van der Waals surface area contributed by atoms with Crippen LogP contribution < -0.4 is 4.74 Å². The largest absolute Gasteiger partial charge is 0.492 e. The number of nitrogens with zero attached hydrogens (tertiary/aromatic N) is 2. The van der Waals surface area contributed by atoms with E-state index in [1.807, 2.05) is 52.0 Å². The van der Waals surface area contributed by atoms with Crippen molar-refractivity contribution in [3.05, 3.63) is 29.8 Å². The van der Waals surface area contributed by atoms with Gasteiger partial charge in [0, 0.05) is 13.1 Å². The number of carbonyl (C=O) groups is 1. The number of ether oxygens (including phenoxy) is 2. The van der Waals surface area contributed by atoms with Crippen molar-refractivity contribution < 1.29 is 14.3 Å². The number of hydrogen-bond acceptors (Lipinski definition) is 4. The molecular formula is C19H26N2O3. The van der Waals surface area contributed by atoms with Crippen LogP contribution in [0.3, 0.4) is 0 Å². The highest BCUT2D eigenvalue weighted by molar-refractivity contribution is 5.68. The second-order valence-electron chi connectivity index (χ2n) is 7.41. The maximum atomic E-state index is 12.1. The minimum absolute atomic E-state index is 0.311. The standard InChI is InChI=1S/C19H26N2O3/c1-15-7-5-6-8-16(15)23-14-19(13-20)9-11-21(12-10-19)17(22)24-18(2,3)4/h5-8H,9-12,14H2,1-4H3. The van der Waals surface area contributed by atoms with Gasteiger partial charge in [0.1, 0.15) is 18.0 Å². The Morgan fingerprint density at radius 1 is 1.29 bits per heavy atom. The van der Waals surface area contributed by atoms with Crippen molar-refractivity contribution in [2.45, 2.75) is 46.1 Å². The number of hydrogen-bond donors (Lipinski definition) is 0. The number of likely N-dealkylation sites (tertiary alicyclic amines) is 1. The lowest BCUT2D eigenvalue weighted by Gasteiger charge is -2.37. The van der Waals surface area contributed by atoms with Crippen LogP contribution in [-0.2, 0) is 4.74 Å². The van der Waals surface area contributed by atoms with E-state index in [0.717, 1.165) is 11.3 Å². The lowest BCUT2D eigenvalue weighted by Crippen LogP contribution is -2.46. The average Bonchev–Trinajstić information content (AvgIpc) is 2.53. The number of nitriles is 1. The fraction of sp³-hybridized carbons (Fsp3) is 0.579. The molecule has 5 nitrogen and oxygen atoms in total. The molecule has 0 bridgehead atoms. The van der Waals surface area contributed by atoms with Crippen LogP contribution in [0.5, 0.6) is 5.75 Å². The Kier molecular flexibility index (Phi) is 5.38. The van der Waals surface area contributed by atoms with Crippen LogP contribution in [0.25, 0.3) is 0 Å². The van der Waals surface area contributed by atoms with Crippen LogP contribution in [0.4, 0.5) is 4.79 Å². The van der Waals surface area contributed by atoms with Crippen LogP contribution in [-0.4, -0.2) is 36.3 Å². The normalized spacial score (nSPS) is 17.0. The maximum absolute atomic E-state index is 12.1. The molecule has 0 unspecified atom stereocenters. The van der Waals surface area contributed by atoms with Crippen molar-refractivity contribution in [1.29, 1.82) is 5.26 Å². The molecular weight excluding hydrogens is 304 g/mol. The van der Waals surface area contributed by atoms with Gasteiger partial charge in [-0.05, 0) is 52.2 Å². The Morgan fingerprint density at radius 3 is 2.46 bits per heavy atom. The molecule has 1 aromatic rings. The summed E-state index contributed by atoms with van der Waals surface area (Å²) >= 11 is 0. The van der Waals surface area contributed by atoms with E-state index in [-0.39, 0.29) is 6.09 Å². The van der Waals surface area contributed by atoms with Gasteiger partial charge in [-0.3, -0.25) is 0 Å². The van der Waals surface area contributed by atoms with E-state index in [1.165, 1.54) is 0 Å². The first-order valence-corrected chi connectivity index (χ1v) is 8.32. The highest BCUT2D eigenvalue weighted by Gasteiger charge is 2.38. The molecule has 24 heavy (non-hydrogen) atoms. The van der Waals surface area contributed by atoms with E-state index in [1.54, 1.807) is 4.90 Å². The van der Waals surface area contributed by atoms with E-state index >= 15 is 0 Å². The third-order valence-electron chi connectivity index (χ3n) is 4.21. The van der Waals surface area contributed by atoms with Crippen molar-refractivity contribution in [2.24, 2.45) is 5.41 Å². The summed E-state index contributed by atoms with van der Waals surface area (Å²) in [6.45, 7) is 8.91. The molecule has 1 heterocycles. The number of amides is 1. The summed E-state index contributed by atoms with van der Waals surface area (Å²) in [5.74, 6) is 0.807. The topological polar surface area (TPSA) is 62.6 Å². The van der Waals surface area contributed by atoms with Gasteiger partial charge in [0.05, 0.1) is 11.5 Å². The van der Waals surface area contributed by atoms with Crippen molar-refractivity contribution in [3.8, 4) is 11.8 Å². The molecule has 130 valence electrons. The Balaban J connectivity index is 1.93. The van der Waals surface area contributed by atoms with Crippen molar-refractivity contribution >= 4 is 6.09 Å². The second kappa shape index (κ2) is 7.12. The summed E-state index contributed by atoms with van der Waals surface area (Å²) < 4.78 is 11.3. The molecule has 2 rings (SSSR count). The summed E-state index contributed by atoms with van der Waals surface area (Å²) in [7, 11) is 0. The second-order valence-corrected chi connectivity index (χ2v) is 7.41. The van der Waals surface area contributed by atoms with E-state index in [0.29, 0.717) is 32.5 Å². The van der Waals surface area contributed by atoms with E-state index < -0.39 is 11.0 Å². The van der Waals surface area contributed by atoms with E-state index in [9.17, 15) is 10.1 Å². The predicted octanol–water partition coefficient (Wildman–Crippen LogP) is 3.91. The molecule has 0 spiro atoms.